The molecule has 76 valence electrons. The van der Waals surface area contributed by atoms with E-state index in [2.05, 4.69) is 4.74 Å². The lowest BCUT2D eigenvalue weighted by atomic mass is 10.1. The topological polar surface area (TPSA) is 63.6 Å². The number of carbonyl (C=O) groups is 2. The molecule has 0 amide bonds. The molecular formula is C8H13FO4. The van der Waals surface area contributed by atoms with Crippen LogP contribution in [0.4, 0.5) is 4.39 Å². The predicted molar refractivity (Wildman–Crippen MR) is 43.0 cm³/mol. The number of hydrogen-bond acceptors (Lipinski definition) is 3. The largest absolute Gasteiger partial charge is 0.478 e. The minimum Gasteiger partial charge on any atom is -0.478 e. The quantitative estimate of drug-likeness (QED) is 0.526. The van der Waals surface area contributed by atoms with Gasteiger partial charge in [0, 0.05) is 0 Å². The molecule has 1 unspecified atom stereocenters. The Balaban J connectivity index is 4.53. The molecule has 0 aliphatic heterocycles. The summed E-state index contributed by atoms with van der Waals surface area (Å²) >= 11 is 0. The third-order valence-electron chi connectivity index (χ3n) is 1.18. The average Bonchev–Trinajstić information content (AvgIpc) is 1.82. The Morgan fingerprint density at radius 2 is 1.62 bits per heavy atom. The first-order valence-electron chi connectivity index (χ1n) is 3.73. The lowest BCUT2D eigenvalue weighted by molar-refractivity contribution is -0.177. The van der Waals surface area contributed by atoms with E-state index in [1.807, 2.05) is 0 Å². The van der Waals surface area contributed by atoms with E-state index in [1.54, 1.807) is 0 Å². The Kier molecular flexibility index (Phi) is 3.03. The van der Waals surface area contributed by atoms with Crippen LogP contribution in [-0.4, -0.2) is 28.3 Å². The highest BCUT2D eigenvalue weighted by Gasteiger charge is 2.45. The minimum atomic E-state index is -2.98. The second-order valence-electron chi connectivity index (χ2n) is 3.81. The number of carboxylic acid groups (broad SMARTS) is 1. The maximum absolute atomic E-state index is 13.1. The van der Waals surface area contributed by atoms with Gasteiger partial charge in [0.15, 0.2) is 0 Å². The zero-order chi connectivity index (χ0) is 10.9. The highest BCUT2D eigenvalue weighted by atomic mass is 19.1. The van der Waals surface area contributed by atoms with Crippen LogP contribution >= 0.6 is 0 Å². The molecular weight excluding hydrogens is 179 g/mol. The van der Waals surface area contributed by atoms with E-state index in [-0.39, 0.29) is 0 Å². The summed E-state index contributed by atoms with van der Waals surface area (Å²) in [5.74, 6) is -3.23. The molecule has 13 heavy (non-hydrogen) atoms. The summed E-state index contributed by atoms with van der Waals surface area (Å²) in [7, 11) is 0. The molecule has 0 fully saturated rings. The number of alkyl halides is 1. The Hall–Kier alpha value is -1.13. The molecule has 0 heterocycles. The van der Waals surface area contributed by atoms with Crippen LogP contribution in [0.15, 0.2) is 0 Å². The van der Waals surface area contributed by atoms with Gasteiger partial charge in [-0.25, -0.2) is 14.0 Å². The lowest BCUT2D eigenvalue weighted by Crippen LogP contribution is -2.43. The van der Waals surface area contributed by atoms with Gasteiger partial charge in [0.05, 0.1) is 0 Å². The molecule has 0 aliphatic carbocycles. The third-order valence-corrected chi connectivity index (χ3v) is 1.18. The van der Waals surface area contributed by atoms with Crippen molar-refractivity contribution in [1.29, 1.82) is 0 Å². The fraction of sp³-hybridized carbons (Fsp3) is 0.750. The number of esters is 1. The molecule has 0 aromatic heterocycles. The van der Waals surface area contributed by atoms with Crippen LogP contribution in [0, 0.1) is 0 Å². The highest BCUT2D eigenvalue weighted by molar-refractivity contribution is 6.02. The molecule has 0 saturated carbocycles. The average molecular weight is 192 g/mol. The molecule has 0 rings (SSSR count). The number of aliphatic carboxylic acids is 1. The van der Waals surface area contributed by atoms with Crippen LogP contribution in [-0.2, 0) is 14.3 Å². The molecule has 0 aromatic rings. The maximum atomic E-state index is 13.1. The number of hydrogen-bond donors (Lipinski definition) is 1. The number of carbonyl (C=O) groups excluding carboxylic acids is 1. The van der Waals surface area contributed by atoms with Crippen molar-refractivity contribution < 1.29 is 23.8 Å². The number of ether oxygens (including phenoxy) is 1. The van der Waals surface area contributed by atoms with E-state index in [0.29, 0.717) is 6.92 Å². The van der Waals surface area contributed by atoms with Crippen LogP contribution in [0.25, 0.3) is 0 Å². The Morgan fingerprint density at radius 1 is 1.23 bits per heavy atom. The zero-order valence-electron chi connectivity index (χ0n) is 8.05. The van der Waals surface area contributed by atoms with Gasteiger partial charge in [0.2, 0.25) is 0 Å². The first kappa shape index (κ1) is 11.9. The minimum absolute atomic E-state index is 0.656. The molecule has 4 nitrogen and oxygen atoms in total. The van der Waals surface area contributed by atoms with Gasteiger partial charge in [-0.3, -0.25) is 0 Å². The van der Waals surface area contributed by atoms with Crippen molar-refractivity contribution in [3.63, 3.8) is 0 Å². The summed E-state index contributed by atoms with van der Waals surface area (Å²) in [6, 6.07) is 0. The summed E-state index contributed by atoms with van der Waals surface area (Å²) < 4.78 is 17.6. The Bertz CT molecular complexity index is 227. The van der Waals surface area contributed by atoms with Crippen molar-refractivity contribution in [3.8, 4) is 0 Å². The molecule has 1 N–H and O–H groups in total. The number of carboxylic acids is 1. The van der Waals surface area contributed by atoms with E-state index in [4.69, 9.17) is 5.11 Å². The molecule has 0 radical (unpaired) electrons. The van der Waals surface area contributed by atoms with Gasteiger partial charge in [0.25, 0.3) is 5.67 Å². The van der Waals surface area contributed by atoms with Gasteiger partial charge in [-0.1, -0.05) is 0 Å². The molecule has 1 atom stereocenters. The maximum Gasteiger partial charge on any atom is 0.356 e. The van der Waals surface area contributed by atoms with Crippen LogP contribution in [0.2, 0.25) is 0 Å². The van der Waals surface area contributed by atoms with Gasteiger partial charge in [0.1, 0.15) is 5.60 Å². The van der Waals surface area contributed by atoms with Crippen molar-refractivity contribution in [2.45, 2.75) is 39.0 Å². The monoisotopic (exact) mass is 192 g/mol. The summed E-state index contributed by atoms with van der Waals surface area (Å²) in [6.45, 7) is 5.25. The van der Waals surface area contributed by atoms with Gasteiger partial charge in [-0.2, -0.15) is 0 Å². The second-order valence-corrected chi connectivity index (χ2v) is 3.81. The predicted octanol–water partition coefficient (Wildman–Crippen LogP) is 1.14. The fourth-order valence-corrected chi connectivity index (χ4v) is 0.461. The second kappa shape index (κ2) is 3.32. The van der Waals surface area contributed by atoms with Gasteiger partial charge in [-0.15, -0.1) is 0 Å². The van der Waals surface area contributed by atoms with Gasteiger partial charge >= 0.3 is 11.9 Å². The first-order valence-corrected chi connectivity index (χ1v) is 3.73. The normalized spacial score (nSPS) is 16.1. The summed E-state index contributed by atoms with van der Waals surface area (Å²) in [5, 5.41) is 8.33. The van der Waals surface area contributed by atoms with Crippen molar-refractivity contribution in [3.05, 3.63) is 0 Å². The SMILES string of the molecule is CC(C)(C)OC(=O)C(C)(F)C(=O)O. The third kappa shape index (κ3) is 3.40. The van der Waals surface area contributed by atoms with Crippen LogP contribution in [0.3, 0.4) is 0 Å². The smallest absolute Gasteiger partial charge is 0.356 e. The van der Waals surface area contributed by atoms with Crippen molar-refractivity contribution in [2.24, 2.45) is 0 Å². The van der Waals surface area contributed by atoms with Crippen LogP contribution in [0.5, 0.6) is 0 Å². The Labute approximate surface area is 75.7 Å². The summed E-state index contributed by atoms with van der Waals surface area (Å²) in [6.07, 6.45) is 0. The summed E-state index contributed by atoms with van der Waals surface area (Å²) in [4.78, 5) is 21.2. The van der Waals surface area contributed by atoms with Crippen LogP contribution in [0.1, 0.15) is 27.7 Å². The summed E-state index contributed by atoms with van der Waals surface area (Å²) in [5.41, 5.74) is -3.87. The Morgan fingerprint density at radius 3 is 1.85 bits per heavy atom. The van der Waals surface area contributed by atoms with Crippen molar-refractivity contribution in [2.75, 3.05) is 0 Å². The van der Waals surface area contributed by atoms with Crippen molar-refractivity contribution in [1.82, 2.24) is 0 Å². The number of halogens is 1. The van der Waals surface area contributed by atoms with Gasteiger partial charge in [-0.05, 0) is 27.7 Å². The molecule has 0 aromatic carbocycles. The van der Waals surface area contributed by atoms with Crippen LogP contribution < -0.4 is 0 Å². The number of rotatable bonds is 2. The highest BCUT2D eigenvalue weighted by Crippen LogP contribution is 2.17. The molecule has 5 heteroatoms. The standard InChI is InChI=1S/C8H13FO4/c1-7(2,3)13-6(12)8(4,9)5(10)11/h1-4H3,(H,10,11). The molecule has 0 spiro atoms. The van der Waals surface area contributed by atoms with E-state index in [9.17, 15) is 14.0 Å². The molecule has 0 saturated heterocycles. The van der Waals surface area contributed by atoms with Gasteiger partial charge < -0.3 is 9.84 Å². The van der Waals surface area contributed by atoms with E-state index >= 15 is 0 Å². The first-order chi connectivity index (χ1) is 5.57. The molecule has 0 bridgehead atoms. The van der Waals surface area contributed by atoms with Crippen molar-refractivity contribution >= 4 is 11.9 Å². The van der Waals surface area contributed by atoms with E-state index in [1.165, 1.54) is 20.8 Å². The fourth-order valence-electron chi connectivity index (χ4n) is 0.461. The van der Waals surface area contributed by atoms with E-state index < -0.39 is 23.2 Å². The zero-order valence-corrected chi connectivity index (χ0v) is 8.05. The lowest BCUT2D eigenvalue weighted by Gasteiger charge is -2.23. The molecule has 0 aliphatic rings. The van der Waals surface area contributed by atoms with E-state index in [0.717, 1.165) is 0 Å².